The van der Waals surface area contributed by atoms with Crippen molar-refractivity contribution in [3.05, 3.63) is 17.8 Å². The summed E-state index contributed by atoms with van der Waals surface area (Å²) >= 11 is 0. The van der Waals surface area contributed by atoms with Crippen molar-refractivity contribution < 1.29 is 9.18 Å². The fourth-order valence-corrected chi connectivity index (χ4v) is 2.05. The first-order chi connectivity index (χ1) is 8.54. The minimum Gasteiger partial charge on any atom is -0.343 e. The van der Waals surface area contributed by atoms with Gasteiger partial charge in [-0.25, -0.2) is 14.4 Å². The summed E-state index contributed by atoms with van der Waals surface area (Å²) in [5.74, 6) is -0.204. The summed E-state index contributed by atoms with van der Waals surface area (Å²) in [6.07, 6.45) is 1.86. The molecule has 1 aliphatic heterocycles. The van der Waals surface area contributed by atoms with Crippen molar-refractivity contribution in [2.75, 3.05) is 25.0 Å². The maximum atomic E-state index is 14.1. The Bertz CT molecular complexity index is 465. The Balaban J connectivity index is 2.30. The predicted octanol–water partition coefficient (Wildman–Crippen LogP) is 0.845. The highest BCUT2D eigenvalue weighted by atomic mass is 19.1. The quantitative estimate of drug-likeness (QED) is 0.783. The minimum absolute atomic E-state index is 0.0233. The molecule has 0 aromatic carbocycles. The first-order valence-corrected chi connectivity index (χ1v) is 6.04. The van der Waals surface area contributed by atoms with Crippen LogP contribution in [0.4, 0.5) is 10.2 Å². The van der Waals surface area contributed by atoms with Crippen LogP contribution in [0.15, 0.2) is 6.33 Å². The van der Waals surface area contributed by atoms with Gasteiger partial charge in [-0.05, 0) is 13.3 Å². The number of piperazine rings is 1. The topological polar surface area (TPSA) is 49.3 Å². The highest BCUT2D eigenvalue weighted by molar-refractivity contribution is 5.82. The van der Waals surface area contributed by atoms with E-state index in [1.54, 1.807) is 16.8 Å². The molecule has 5 nitrogen and oxygen atoms in total. The second-order valence-corrected chi connectivity index (χ2v) is 4.55. The molecule has 18 heavy (non-hydrogen) atoms. The Kier molecular flexibility index (Phi) is 3.45. The molecule has 1 aliphatic rings. The van der Waals surface area contributed by atoms with Gasteiger partial charge in [-0.2, -0.15) is 0 Å². The Morgan fingerprint density at radius 3 is 2.83 bits per heavy atom. The van der Waals surface area contributed by atoms with E-state index in [4.69, 9.17) is 0 Å². The van der Waals surface area contributed by atoms with E-state index < -0.39 is 5.82 Å². The number of hydrogen-bond acceptors (Lipinski definition) is 4. The number of anilines is 1. The van der Waals surface area contributed by atoms with Gasteiger partial charge in [0.15, 0.2) is 11.6 Å². The summed E-state index contributed by atoms with van der Waals surface area (Å²) in [7, 11) is 1.76. The van der Waals surface area contributed by atoms with Crippen LogP contribution in [-0.4, -0.2) is 47.0 Å². The molecule has 98 valence electrons. The lowest BCUT2D eigenvalue weighted by molar-refractivity contribution is -0.131. The van der Waals surface area contributed by atoms with Crippen LogP contribution in [0, 0.1) is 5.82 Å². The Labute approximate surface area is 106 Å². The van der Waals surface area contributed by atoms with Crippen LogP contribution in [-0.2, 0) is 11.2 Å². The minimum atomic E-state index is -0.412. The lowest BCUT2D eigenvalue weighted by Gasteiger charge is -2.37. The molecule has 1 atom stereocenters. The summed E-state index contributed by atoms with van der Waals surface area (Å²) < 4.78 is 14.1. The van der Waals surface area contributed by atoms with E-state index in [0.29, 0.717) is 18.7 Å². The van der Waals surface area contributed by atoms with Crippen LogP contribution in [0.1, 0.15) is 19.5 Å². The van der Waals surface area contributed by atoms with Crippen LogP contribution < -0.4 is 4.90 Å². The number of halogens is 1. The summed E-state index contributed by atoms with van der Waals surface area (Å²) in [5.41, 5.74) is 0.388. The SMILES string of the molecule is CCc1ncnc(N2CC(=O)N(C)[C@@H](C)C2)c1F. The number of nitrogens with zero attached hydrogens (tertiary/aromatic N) is 4. The van der Waals surface area contributed by atoms with E-state index >= 15 is 0 Å². The predicted molar refractivity (Wildman–Crippen MR) is 65.8 cm³/mol. The van der Waals surface area contributed by atoms with E-state index in [1.165, 1.54) is 6.33 Å². The second-order valence-electron chi connectivity index (χ2n) is 4.55. The van der Waals surface area contributed by atoms with E-state index in [-0.39, 0.29) is 24.3 Å². The van der Waals surface area contributed by atoms with Gasteiger partial charge in [0.1, 0.15) is 6.33 Å². The molecule has 0 unspecified atom stereocenters. The van der Waals surface area contributed by atoms with Gasteiger partial charge in [0.25, 0.3) is 0 Å². The van der Waals surface area contributed by atoms with Gasteiger partial charge >= 0.3 is 0 Å². The van der Waals surface area contributed by atoms with Gasteiger partial charge in [0.2, 0.25) is 5.91 Å². The van der Waals surface area contributed by atoms with Crippen molar-refractivity contribution in [1.29, 1.82) is 0 Å². The van der Waals surface area contributed by atoms with Crippen LogP contribution in [0.2, 0.25) is 0 Å². The largest absolute Gasteiger partial charge is 0.343 e. The standard InChI is InChI=1S/C12H17FN4O/c1-4-9-11(13)12(15-7-14-9)17-5-8(2)16(3)10(18)6-17/h7-8H,4-6H2,1-3H3/t8-/m0/s1. The molecule has 1 fully saturated rings. The van der Waals surface area contributed by atoms with Crippen molar-refractivity contribution in [2.24, 2.45) is 0 Å². The van der Waals surface area contributed by atoms with Gasteiger partial charge in [-0.1, -0.05) is 6.92 Å². The van der Waals surface area contributed by atoms with Crippen molar-refractivity contribution >= 4 is 11.7 Å². The number of aryl methyl sites for hydroxylation is 1. The number of aromatic nitrogens is 2. The van der Waals surface area contributed by atoms with E-state index in [0.717, 1.165) is 0 Å². The van der Waals surface area contributed by atoms with Crippen LogP contribution in [0.25, 0.3) is 0 Å². The molecule has 1 amide bonds. The molecule has 0 radical (unpaired) electrons. The maximum Gasteiger partial charge on any atom is 0.242 e. The van der Waals surface area contributed by atoms with E-state index in [9.17, 15) is 9.18 Å². The number of rotatable bonds is 2. The Morgan fingerprint density at radius 1 is 1.50 bits per heavy atom. The first kappa shape index (κ1) is 12.7. The van der Waals surface area contributed by atoms with Gasteiger partial charge in [0.05, 0.1) is 12.2 Å². The molecule has 0 spiro atoms. The van der Waals surface area contributed by atoms with Crippen molar-refractivity contribution in [2.45, 2.75) is 26.3 Å². The zero-order chi connectivity index (χ0) is 13.3. The van der Waals surface area contributed by atoms with Gasteiger partial charge in [-0.15, -0.1) is 0 Å². The fraction of sp³-hybridized carbons (Fsp3) is 0.583. The maximum absolute atomic E-state index is 14.1. The van der Waals surface area contributed by atoms with Crippen LogP contribution in [0.3, 0.4) is 0 Å². The molecular weight excluding hydrogens is 235 g/mol. The summed E-state index contributed by atoms with van der Waals surface area (Å²) in [5, 5.41) is 0. The molecule has 0 N–H and O–H groups in total. The average molecular weight is 252 g/mol. The lowest BCUT2D eigenvalue weighted by Crippen LogP contribution is -2.54. The molecule has 1 aromatic heterocycles. The van der Waals surface area contributed by atoms with Crippen LogP contribution in [0.5, 0.6) is 0 Å². The monoisotopic (exact) mass is 252 g/mol. The number of hydrogen-bond donors (Lipinski definition) is 0. The van der Waals surface area contributed by atoms with Gasteiger partial charge in [-0.3, -0.25) is 4.79 Å². The van der Waals surface area contributed by atoms with Crippen molar-refractivity contribution in [3.8, 4) is 0 Å². The molecular formula is C12H17FN4O. The second kappa shape index (κ2) is 4.88. The summed E-state index contributed by atoms with van der Waals surface area (Å²) in [4.78, 5) is 23.0. The molecule has 0 saturated carbocycles. The molecule has 1 aromatic rings. The zero-order valence-corrected chi connectivity index (χ0v) is 10.9. The Hall–Kier alpha value is -1.72. The van der Waals surface area contributed by atoms with E-state index in [1.807, 2.05) is 13.8 Å². The zero-order valence-electron chi connectivity index (χ0n) is 10.9. The number of carbonyl (C=O) groups excluding carboxylic acids is 1. The number of likely N-dealkylation sites (N-methyl/N-ethyl adjacent to an activating group) is 1. The Morgan fingerprint density at radius 2 is 2.22 bits per heavy atom. The van der Waals surface area contributed by atoms with Crippen molar-refractivity contribution in [1.82, 2.24) is 14.9 Å². The van der Waals surface area contributed by atoms with Crippen LogP contribution >= 0.6 is 0 Å². The summed E-state index contributed by atoms with van der Waals surface area (Å²) in [6.45, 7) is 4.52. The average Bonchev–Trinajstić information content (AvgIpc) is 2.35. The third kappa shape index (κ3) is 2.14. The third-order valence-electron chi connectivity index (χ3n) is 3.34. The summed E-state index contributed by atoms with van der Waals surface area (Å²) in [6, 6.07) is 0.0469. The lowest BCUT2D eigenvalue weighted by atomic mass is 10.2. The molecule has 6 heteroatoms. The third-order valence-corrected chi connectivity index (χ3v) is 3.34. The number of carbonyl (C=O) groups is 1. The highest BCUT2D eigenvalue weighted by Gasteiger charge is 2.29. The van der Waals surface area contributed by atoms with Gasteiger partial charge < -0.3 is 9.80 Å². The fourth-order valence-electron chi connectivity index (χ4n) is 2.05. The molecule has 1 saturated heterocycles. The molecule has 0 aliphatic carbocycles. The molecule has 2 rings (SSSR count). The molecule has 0 bridgehead atoms. The smallest absolute Gasteiger partial charge is 0.242 e. The molecule has 2 heterocycles. The van der Waals surface area contributed by atoms with E-state index in [2.05, 4.69) is 9.97 Å². The number of amides is 1. The van der Waals surface area contributed by atoms with Gasteiger partial charge in [0, 0.05) is 19.6 Å². The van der Waals surface area contributed by atoms with Crippen molar-refractivity contribution in [3.63, 3.8) is 0 Å². The highest BCUT2D eigenvalue weighted by Crippen LogP contribution is 2.21. The first-order valence-electron chi connectivity index (χ1n) is 6.04. The normalized spacial score (nSPS) is 20.4.